The minimum atomic E-state index is 0.374. The lowest BCUT2D eigenvalue weighted by molar-refractivity contribution is 0.247. The summed E-state index contributed by atoms with van der Waals surface area (Å²) in [6, 6.07) is 45.6. The highest BCUT2D eigenvalue weighted by atomic mass is 16.5. The Morgan fingerprint density at radius 1 is 0.316 bits per heavy atom. The van der Waals surface area contributed by atoms with E-state index in [1.807, 2.05) is 173 Å². The normalized spacial score (nSPS) is 11.7. The molecule has 16 nitrogen and oxygen atoms in total. The zero-order valence-corrected chi connectivity index (χ0v) is 41.9. The molecule has 76 heavy (non-hydrogen) atoms. The van der Waals surface area contributed by atoms with E-state index in [4.69, 9.17) is 66.5 Å². The third-order valence-corrected chi connectivity index (χ3v) is 12.3. The maximum atomic E-state index is 6.24. The highest BCUT2D eigenvalue weighted by molar-refractivity contribution is 5.80. The molecular formula is C60H48N8O8. The second kappa shape index (κ2) is 20.7. The second-order valence-corrected chi connectivity index (χ2v) is 18.4. The lowest BCUT2D eigenvalue weighted by Crippen LogP contribution is -2.05. The summed E-state index contributed by atoms with van der Waals surface area (Å²) >= 11 is 0. The number of rotatable bonds is 18. The van der Waals surface area contributed by atoms with Gasteiger partial charge in [0.05, 0.1) is 37.8 Å². The predicted octanol–water partition coefficient (Wildman–Crippen LogP) is 15.1. The first-order valence-corrected chi connectivity index (χ1v) is 24.8. The first-order valence-electron chi connectivity index (χ1n) is 24.8. The van der Waals surface area contributed by atoms with E-state index in [-0.39, 0.29) is 0 Å². The third kappa shape index (κ3) is 10.7. The molecule has 6 aromatic heterocycles. The van der Waals surface area contributed by atoms with Gasteiger partial charge >= 0.3 is 0 Å². The number of pyridine rings is 2. The molecule has 0 bridgehead atoms. The van der Waals surface area contributed by atoms with Crippen molar-refractivity contribution in [3.63, 3.8) is 0 Å². The van der Waals surface area contributed by atoms with Crippen LogP contribution in [0.25, 0.3) is 90.7 Å². The standard InChI is InChI=1S/C60H48N8O8/c1-35-7-19-53-45(27-35)63-57(73-53)49-31-43(32-50(61-49)58-64-46-28-36(2)8-20-54(46)74-58)71-25-5-23-69-41-15-11-39(12-16-41)67-68-40-13-17-42(18-14-40)70-24-6-26-72-44-33-51(59-65-47-29-37(3)9-21-55(47)75-59)62-52(34-44)60-66-48-30-38(4)10-22-56(48)76-60/h7-22,27-34H,5-6,23-26H2,1-4H3. The van der Waals surface area contributed by atoms with Crippen LogP contribution in [0.1, 0.15) is 35.1 Å². The summed E-state index contributed by atoms with van der Waals surface area (Å²) in [6.07, 6.45) is 1.23. The minimum Gasteiger partial charge on any atom is -0.493 e. The summed E-state index contributed by atoms with van der Waals surface area (Å²) in [4.78, 5) is 28.5. The summed E-state index contributed by atoms with van der Waals surface area (Å²) in [5.41, 5.74) is 13.4. The number of benzene rings is 6. The maximum Gasteiger partial charge on any atom is 0.246 e. The zero-order chi connectivity index (χ0) is 51.5. The van der Waals surface area contributed by atoms with Crippen LogP contribution in [0.4, 0.5) is 11.4 Å². The second-order valence-electron chi connectivity index (χ2n) is 18.4. The molecule has 0 aliphatic rings. The Morgan fingerprint density at radius 3 is 0.882 bits per heavy atom. The van der Waals surface area contributed by atoms with E-state index in [1.54, 1.807) is 0 Å². The van der Waals surface area contributed by atoms with Crippen molar-refractivity contribution < 1.29 is 36.6 Å². The largest absolute Gasteiger partial charge is 0.493 e. The van der Waals surface area contributed by atoms with Gasteiger partial charge in [0.1, 0.15) is 67.8 Å². The zero-order valence-electron chi connectivity index (χ0n) is 41.9. The molecule has 0 amide bonds. The van der Waals surface area contributed by atoms with Crippen LogP contribution in [0.2, 0.25) is 0 Å². The van der Waals surface area contributed by atoms with E-state index in [2.05, 4.69) is 10.2 Å². The molecule has 0 saturated heterocycles. The van der Waals surface area contributed by atoms with E-state index >= 15 is 0 Å². The number of fused-ring (bicyclic) bond motifs is 4. The molecule has 0 unspecified atom stereocenters. The van der Waals surface area contributed by atoms with Crippen LogP contribution in [0.5, 0.6) is 23.0 Å². The SMILES string of the molecule is Cc1ccc2oc(-c3cc(OCCCOc4ccc(N=Nc5ccc(OCCCOc6cc(-c7nc8cc(C)ccc8o7)nc(-c7nc8cc(C)ccc8o7)c6)cc5)cc4)cc(-c4nc5cc(C)ccc5o4)n3)nc2c1. The van der Waals surface area contributed by atoms with Crippen LogP contribution in [-0.4, -0.2) is 56.3 Å². The van der Waals surface area contributed by atoms with Crippen molar-refractivity contribution in [3.8, 4) is 69.3 Å². The van der Waals surface area contributed by atoms with E-state index in [9.17, 15) is 0 Å². The Bertz CT molecular complexity index is 3620. The van der Waals surface area contributed by atoms with Crippen LogP contribution in [0.3, 0.4) is 0 Å². The molecule has 0 spiro atoms. The quantitative estimate of drug-likeness (QED) is 0.0582. The summed E-state index contributed by atoms with van der Waals surface area (Å²) in [5.74, 6) is 4.05. The van der Waals surface area contributed by atoms with E-state index in [0.717, 1.165) is 44.3 Å². The Balaban J connectivity index is 0.619. The van der Waals surface area contributed by atoms with Gasteiger partial charge in [-0.15, -0.1) is 0 Å². The van der Waals surface area contributed by atoms with Crippen LogP contribution >= 0.6 is 0 Å². The summed E-state index contributed by atoms with van der Waals surface area (Å²) in [6.45, 7) is 9.69. The van der Waals surface area contributed by atoms with Gasteiger partial charge in [0.2, 0.25) is 23.6 Å². The third-order valence-electron chi connectivity index (χ3n) is 12.3. The molecule has 6 aromatic carbocycles. The summed E-state index contributed by atoms with van der Waals surface area (Å²) in [7, 11) is 0. The number of hydrogen-bond donors (Lipinski definition) is 0. The van der Waals surface area contributed by atoms with Gasteiger partial charge in [-0.25, -0.2) is 29.9 Å². The first kappa shape index (κ1) is 47.3. The van der Waals surface area contributed by atoms with Gasteiger partial charge in [-0.1, -0.05) is 24.3 Å². The molecule has 0 saturated carbocycles. The molecule has 0 aliphatic carbocycles. The van der Waals surface area contributed by atoms with Crippen molar-refractivity contribution in [1.29, 1.82) is 0 Å². The molecule has 0 radical (unpaired) electrons. The van der Waals surface area contributed by atoms with Gasteiger partial charge in [-0.2, -0.15) is 10.2 Å². The maximum absolute atomic E-state index is 6.24. The number of hydrogen-bond acceptors (Lipinski definition) is 16. The van der Waals surface area contributed by atoms with Crippen molar-refractivity contribution >= 4 is 55.8 Å². The summed E-state index contributed by atoms with van der Waals surface area (Å²) in [5, 5.41) is 8.83. The van der Waals surface area contributed by atoms with Crippen LogP contribution in [-0.2, 0) is 0 Å². The lowest BCUT2D eigenvalue weighted by atomic mass is 10.2. The van der Waals surface area contributed by atoms with Crippen molar-refractivity contribution in [2.75, 3.05) is 26.4 Å². The van der Waals surface area contributed by atoms with Crippen LogP contribution in [0.15, 0.2) is 173 Å². The van der Waals surface area contributed by atoms with Crippen molar-refractivity contribution in [1.82, 2.24) is 29.9 Å². The van der Waals surface area contributed by atoms with Gasteiger partial charge in [0, 0.05) is 37.1 Å². The lowest BCUT2D eigenvalue weighted by Gasteiger charge is -2.10. The average Bonchev–Trinajstić information content (AvgIpc) is 4.26. The smallest absolute Gasteiger partial charge is 0.246 e. The fourth-order valence-electron chi connectivity index (χ4n) is 8.42. The minimum absolute atomic E-state index is 0.374. The number of aromatic nitrogens is 6. The van der Waals surface area contributed by atoms with Gasteiger partial charge in [0.15, 0.2) is 22.3 Å². The average molecular weight is 1010 g/mol. The van der Waals surface area contributed by atoms with Gasteiger partial charge in [-0.3, -0.25) is 0 Å². The number of nitrogens with zero attached hydrogens (tertiary/aromatic N) is 8. The van der Waals surface area contributed by atoms with E-state index in [0.29, 0.717) is 142 Å². The number of aryl methyl sites for hydroxylation is 4. The molecular weight excluding hydrogens is 961 g/mol. The molecule has 376 valence electrons. The molecule has 0 atom stereocenters. The van der Waals surface area contributed by atoms with E-state index in [1.165, 1.54) is 0 Å². The molecule has 6 heterocycles. The number of oxazole rings is 4. The number of ether oxygens (including phenoxy) is 4. The van der Waals surface area contributed by atoms with Gasteiger partial charge in [-0.05, 0) is 147 Å². The fraction of sp³-hybridized carbons (Fsp3) is 0.167. The highest BCUT2D eigenvalue weighted by Gasteiger charge is 2.20. The topological polar surface area (TPSA) is 192 Å². The van der Waals surface area contributed by atoms with Crippen molar-refractivity contribution in [2.45, 2.75) is 40.5 Å². The Kier molecular flexibility index (Phi) is 12.9. The Morgan fingerprint density at radius 2 is 0.592 bits per heavy atom. The van der Waals surface area contributed by atoms with Gasteiger partial charge < -0.3 is 36.6 Å². The van der Waals surface area contributed by atoms with E-state index < -0.39 is 0 Å². The molecule has 0 aliphatic heterocycles. The van der Waals surface area contributed by atoms with Crippen LogP contribution in [0, 0.1) is 27.7 Å². The first-order chi connectivity index (χ1) is 37.2. The molecule has 0 N–H and O–H groups in total. The fourth-order valence-corrected chi connectivity index (χ4v) is 8.42. The van der Waals surface area contributed by atoms with Crippen LogP contribution < -0.4 is 18.9 Å². The van der Waals surface area contributed by atoms with Crippen molar-refractivity contribution in [3.05, 3.63) is 168 Å². The molecule has 12 aromatic rings. The Hall–Kier alpha value is -9.70. The summed E-state index contributed by atoms with van der Waals surface area (Å²) < 4.78 is 49.0. The van der Waals surface area contributed by atoms with Crippen molar-refractivity contribution in [2.24, 2.45) is 10.2 Å². The van der Waals surface area contributed by atoms with Gasteiger partial charge in [0.25, 0.3) is 0 Å². The highest BCUT2D eigenvalue weighted by Crippen LogP contribution is 2.34. The monoisotopic (exact) mass is 1010 g/mol. The predicted molar refractivity (Wildman–Crippen MR) is 288 cm³/mol. The Labute approximate surface area is 435 Å². The number of azo groups is 1. The molecule has 0 fully saturated rings. The molecule has 16 heteroatoms. The molecule has 12 rings (SSSR count).